The first kappa shape index (κ1) is 12.5. The number of rotatable bonds is 2. The third-order valence-electron chi connectivity index (χ3n) is 3.98. The number of hydrogen-bond acceptors (Lipinski definition) is 2. The molecule has 0 unspecified atom stereocenters. The number of anilines is 1. The maximum Gasteiger partial charge on any atom is 0.0642 e. The molecule has 99 valence electrons. The molecule has 2 nitrogen and oxygen atoms in total. The monoisotopic (exact) mass is 254 g/mol. The first-order valence-electron chi connectivity index (χ1n) is 6.94. The normalized spacial score (nSPS) is 16.0. The fraction of sp³-hybridized carbons (Fsp3) is 0.353. The SMILES string of the molecule is [CH2]Cc1c(C)ccc2cc(N3CCOCC3)ccc12. The van der Waals surface area contributed by atoms with Crippen LogP contribution in [-0.2, 0) is 11.2 Å². The van der Waals surface area contributed by atoms with Crippen LogP contribution < -0.4 is 4.90 Å². The molecule has 2 aromatic carbocycles. The van der Waals surface area contributed by atoms with E-state index in [1.165, 1.54) is 27.6 Å². The van der Waals surface area contributed by atoms with Gasteiger partial charge >= 0.3 is 0 Å². The van der Waals surface area contributed by atoms with Crippen molar-refractivity contribution in [3.63, 3.8) is 0 Å². The van der Waals surface area contributed by atoms with E-state index in [0.717, 1.165) is 32.7 Å². The largest absolute Gasteiger partial charge is 0.378 e. The molecule has 0 N–H and O–H groups in total. The molecule has 0 saturated carbocycles. The summed E-state index contributed by atoms with van der Waals surface area (Å²) in [5.74, 6) is 0. The maximum atomic E-state index is 5.41. The van der Waals surface area contributed by atoms with E-state index in [-0.39, 0.29) is 0 Å². The van der Waals surface area contributed by atoms with Crippen LogP contribution in [0, 0.1) is 13.8 Å². The lowest BCUT2D eigenvalue weighted by Crippen LogP contribution is -2.36. The molecule has 2 aromatic rings. The topological polar surface area (TPSA) is 12.5 Å². The van der Waals surface area contributed by atoms with Gasteiger partial charge < -0.3 is 9.64 Å². The van der Waals surface area contributed by atoms with Gasteiger partial charge in [-0.1, -0.05) is 18.2 Å². The van der Waals surface area contributed by atoms with Crippen LogP contribution in [0.25, 0.3) is 10.8 Å². The number of hydrogen-bond donors (Lipinski definition) is 0. The van der Waals surface area contributed by atoms with Crippen molar-refractivity contribution in [3.05, 3.63) is 48.4 Å². The van der Waals surface area contributed by atoms with Crippen LogP contribution in [0.3, 0.4) is 0 Å². The lowest BCUT2D eigenvalue weighted by Gasteiger charge is -2.29. The Labute approximate surface area is 115 Å². The zero-order valence-electron chi connectivity index (χ0n) is 11.5. The predicted molar refractivity (Wildman–Crippen MR) is 80.8 cm³/mol. The highest BCUT2D eigenvalue weighted by atomic mass is 16.5. The summed E-state index contributed by atoms with van der Waals surface area (Å²) in [6.45, 7) is 9.84. The van der Waals surface area contributed by atoms with Crippen LogP contribution in [-0.4, -0.2) is 26.3 Å². The third kappa shape index (κ3) is 2.33. The highest BCUT2D eigenvalue weighted by Crippen LogP contribution is 2.27. The van der Waals surface area contributed by atoms with Crippen molar-refractivity contribution in [2.45, 2.75) is 13.3 Å². The van der Waals surface area contributed by atoms with Crippen molar-refractivity contribution >= 4 is 16.5 Å². The standard InChI is InChI=1S/C17H20NO/c1-3-16-13(2)4-5-14-12-15(6-7-17(14)16)18-8-10-19-11-9-18/h4-7,12H,1,3,8-11H2,2H3. The molecular weight excluding hydrogens is 234 g/mol. The van der Waals surface area contributed by atoms with Crippen molar-refractivity contribution in [3.8, 4) is 0 Å². The van der Waals surface area contributed by atoms with Gasteiger partial charge in [-0.3, -0.25) is 0 Å². The van der Waals surface area contributed by atoms with Crippen molar-refractivity contribution in [2.75, 3.05) is 31.2 Å². The van der Waals surface area contributed by atoms with Crippen LogP contribution in [0.1, 0.15) is 11.1 Å². The lowest BCUT2D eigenvalue weighted by atomic mass is 9.97. The minimum Gasteiger partial charge on any atom is -0.378 e. The van der Waals surface area contributed by atoms with Gasteiger partial charge in [0.2, 0.25) is 0 Å². The molecule has 1 aliphatic rings. The molecule has 3 rings (SSSR count). The molecule has 1 heterocycles. The number of ether oxygens (including phenoxy) is 1. The molecule has 1 aliphatic heterocycles. The van der Waals surface area contributed by atoms with Crippen molar-refractivity contribution < 1.29 is 4.74 Å². The van der Waals surface area contributed by atoms with Crippen LogP contribution in [0.5, 0.6) is 0 Å². The second-order valence-corrected chi connectivity index (χ2v) is 5.12. The summed E-state index contributed by atoms with van der Waals surface area (Å²) in [6.07, 6.45) is 0.847. The highest BCUT2D eigenvalue weighted by molar-refractivity contribution is 5.89. The van der Waals surface area contributed by atoms with Crippen LogP contribution in [0.15, 0.2) is 30.3 Å². The highest BCUT2D eigenvalue weighted by Gasteiger charge is 2.12. The Morgan fingerprint density at radius 2 is 1.95 bits per heavy atom. The van der Waals surface area contributed by atoms with Crippen LogP contribution >= 0.6 is 0 Å². The Hall–Kier alpha value is -1.54. The molecule has 19 heavy (non-hydrogen) atoms. The van der Waals surface area contributed by atoms with Crippen LogP contribution in [0.4, 0.5) is 5.69 Å². The zero-order valence-corrected chi connectivity index (χ0v) is 11.5. The van der Waals surface area contributed by atoms with E-state index < -0.39 is 0 Å². The van der Waals surface area contributed by atoms with Gasteiger partial charge in [0.05, 0.1) is 13.2 Å². The van der Waals surface area contributed by atoms with Crippen molar-refractivity contribution in [1.29, 1.82) is 0 Å². The smallest absolute Gasteiger partial charge is 0.0642 e. The van der Waals surface area contributed by atoms with Gasteiger partial charge in [0.15, 0.2) is 0 Å². The number of benzene rings is 2. The molecule has 0 atom stereocenters. The Kier molecular flexibility index (Phi) is 3.43. The first-order chi connectivity index (χ1) is 9.29. The van der Waals surface area contributed by atoms with Gasteiger partial charge in [-0.05, 0) is 54.3 Å². The summed E-state index contributed by atoms with van der Waals surface area (Å²) in [6, 6.07) is 11.2. The van der Waals surface area contributed by atoms with Gasteiger partial charge in [0.25, 0.3) is 0 Å². The second-order valence-electron chi connectivity index (χ2n) is 5.12. The molecule has 1 saturated heterocycles. The van der Waals surface area contributed by atoms with E-state index in [9.17, 15) is 0 Å². The molecular formula is C17H20NO. The molecule has 1 radical (unpaired) electrons. The molecule has 0 bridgehead atoms. The van der Waals surface area contributed by atoms with Crippen LogP contribution in [0.2, 0.25) is 0 Å². The van der Waals surface area contributed by atoms with Gasteiger partial charge in [-0.15, -0.1) is 0 Å². The molecule has 0 spiro atoms. The van der Waals surface area contributed by atoms with Crippen molar-refractivity contribution in [2.24, 2.45) is 0 Å². The van der Waals surface area contributed by atoms with E-state index in [0.29, 0.717) is 0 Å². The van der Waals surface area contributed by atoms with E-state index in [2.05, 4.69) is 49.1 Å². The Morgan fingerprint density at radius 3 is 2.68 bits per heavy atom. The van der Waals surface area contributed by atoms with Gasteiger partial charge in [0, 0.05) is 18.8 Å². The van der Waals surface area contributed by atoms with E-state index in [1.54, 1.807) is 0 Å². The fourth-order valence-electron chi connectivity index (χ4n) is 2.84. The average Bonchev–Trinajstić information content (AvgIpc) is 2.47. The van der Waals surface area contributed by atoms with E-state index in [4.69, 9.17) is 4.74 Å². The van der Waals surface area contributed by atoms with Gasteiger partial charge in [-0.25, -0.2) is 0 Å². The molecule has 0 aliphatic carbocycles. The average molecular weight is 254 g/mol. The summed E-state index contributed by atoms with van der Waals surface area (Å²) >= 11 is 0. The summed E-state index contributed by atoms with van der Waals surface area (Å²) in [5, 5.41) is 2.65. The first-order valence-corrected chi connectivity index (χ1v) is 6.94. The summed E-state index contributed by atoms with van der Waals surface area (Å²) in [7, 11) is 0. The third-order valence-corrected chi connectivity index (χ3v) is 3.98. The molecule has 0 aromatic heterocycles. The molecule has 2 heteroatoms. The number of fused-ring (bicyclic) bond motifs is 1. The van der Waals surface area contributed by atoms with Gasteiger partial charge in [-0.2, -0.15) is 0 Å². The Morgan fingerprint density at radius 1 is 1.16 bits per heavy atom. The van der Waals surface area contributed by atoms with E-state index >= 15 is 0 Å². The summed E-state index contributed by atoms with van der Waals surface area (Å²) in [5.41, 5.74) is 4.00. The predicted octanol–water partition coefficient (Wildman–Crippen LogP) is 3.36. The molecule has 1 fully saturated rings. The Balaban J connectivity index is 2.03. The number of nitrogens with zero attached hydrogens (tertiary/aromatic N) is 1. The number of aryl methyl sites for hydroxylation is 1. The maximum absolute atomic E-state index is 5.41. The molecule has 0 amide bonds. The summed E-state index contributed by atoms with van der Waals surface area (Å²) in [4.78, 5) is 2.40. The van der Waals surface area contributed by atoms with E-state index in [1.807, 2.05) is 0 Å². The zero-order chi connectivity index (χ0) is 13.2. The Bertz CT molecular complexity index is 585. The minimum atomic E-state index is 0.829. The minimum absolute atomic E-state index is 0.829. The summed E-state index contributed by atoms with van der Waals surface area (Å²) < 4.78 is 5.41. The van der Waals surface area contributed by atoms with Gasteiger partial charge in [0.1, 0.15) is 0 Å². The fourth-order valence-corrected chi connectivity index (χ4v) is 2.84. The lowest BCUT2D eigenvalue weighted by molar-refractivity contribution is 0.122. The van der Waals surface area contributed by atoms with Crippen molar-refractivity contribution in [1.82, 2.24) is 0 Å². The number of morpholine rings is 1. The quantitative estimate of drug-likeness (QED) is 0.815. The second kappa shape index (κ2) is 5.22.